The van der Waals surface area contributed by atoms with Crippen LogP contribution in [0, 0.1) is 0 Å². The van der Waals surface area contributed by atoms with Gasteiger partial charge in [-0.25, -0.2) is 0 Å². The monoisotopic (exact) mass is 366 g/mol. The summed E-state index contributed by atoms with van der Waals surface area (Å²) in [5.74, 6) is -0.955. The number of amides is 1. The number of carbonyl (C=O) groups is 2. The quantitative estimate of drug-likeness (QED) is 0.444. The number of thiocarbonyl (C=S) groups is 1. The molecule has 0 spiro atoms. The summed E-state index contributed by atoms with van der Waals surface area (Å²) in [7, 11) is 1.45. The molecule has 2 rings (SSSR count). The Labute approximate surface area is 149 Å². The molecule has 1 heterocycles. The zero-order valence-electron chi connectivity index (χ0n) is 13.0. The number of hydrogen-bond donors (Lipinski definition) is 1. The fourth-order valence-corrected chi connectivity index (χ4v) is 3.48. The van der Waals surface area contributed by atoms with E-state index in [-0.39, 0.29) is 18.1 Å². The largest absolute Gasteiger partial charge is 0.550 e. The molecule has 128 valence electrons. The van der Waals surface area contributed by atoms with E-state index in [9.17, 15) is 19.8 Å². The Hall–Kier alpha value is -2.06. The number of nitrogens with zero attached hydrogens (tertiary/aromatic N) is 1. The normalized spacial score (nSPS) is 16.0. The first-order chi connectivity index (χ1) is 11.4. The highest BCUT2D eigenvalue weighted by atomic mass is 32.2. The average Bonchev–Trinajstić information content (AvgIpc) is 2.80. The molecule has 0 unspecified atom stereocenters. The number of hydrogen-bond acceptors (Lipinski definition) is 7. The summed E-state index contributed by atoms with van der Waals surface area (Å²) < 4.78 is 5.49. The SMILES string of the molecule is COc1cc(/C=C2\SC(=S)N(CCCCC(=O)[O-])C2=O)ccc1O. The number of carboxylic acid groups (broad SMARTS) is 1. The third-order valence-corrected chi connectivity index (χ3v) is 4.77. The Kier molecular flexibility index (Phi) is 6.22. The number of rotatable bonds is 7. The molecule has 1 N–H and O–H groups in total. The summed E-state index contributed by atoms with van der Waals surface area (Å²) in [6.07, 6.45) is 2.63. The lowest BCUT2D eigenvalue weighted by Gasteiger charge is -2.14. The van der Waals surface area contributed by atoms with Gasteiger partial charge in [-0.2, -0.15) is 0 Å². The van der Waals surface area contributed by atoms with Crippen LogP contribution in [0.15, 0.2) is 23.1 Å². The number of carboxylic acids is 1. The molecule has 24 heavy (non-hydrogen) atoms. The summed E-state index contributed by atoms with van der Waals surface area (Å²) in [6.45, 7) is 0.383. The van der Waals surface area contributed by atoms with Gasteiger partial charge in [0, 0.05) is 12.5 Å². The molecule has 0 atom stereocenters. The maximum atomic E-state index is 12.4. The maximum Gasteiger partial charge on any atom is 0.266 e. The van der Waals surface area contributed by atoms with Gasteiger partial charge < -0.3 is 19.7 Å². The van der Waals surface area contributed by atoms with E-state index in [0.717, 1.165) is 0 Å². The zero-order valence-corrected chi connectivity index (χ0v) is 14.6. The van der Waals surface area contributed by atoms with Crippen LogP contribution < -0.4 is 9.84 Å². The number of methoxy groups -OCH3 is 1. The van der Waals surface area contributed by atoms with Crippen LogP contribution in [0.4, 0.5) is 0 Å². The van der Waals surface area contributed by atoms with Gasteiger partial charge in [-0.05, 0) is 43.0 Å². The Morgan fingerprint density at radius 1 is 1.46 bits per heavy atom. The van der Waals surface area contributed by atoms with Crippen molar-refractivity contribution in [2.45, 2.75) is 19.3 Å². The van der Waals surface area contributed by atoms with Crippen LogP contribution in [0.5, 0.6) is 11.5 Å². The van der Waals surface area contributed by atoms with Crippen molar-refractivity contribution in [2.24, 2.45) is 0 Å². The van der Waals surface area contributed by atoms with Crippen LogP contribution in [0.2, 0.25) is 0 Å². The molecule has 1 aromatic rings. The van der Waals surface area contributed by atoms with Gasteiger partial charge in [-0.1, -0.05) is 30.0 Å². The number of unbranched alkanes of at least 4 members (excludes halogenated alkanes) is 1. The number of ether oxygens (including phenoxy) is 1. The molecule has 1 amide bonds. The molecule has 0 aromatic heterocycles. The third kappa shape index (κ3) is 4.48. The summed E-state index contributed by atoms with van der Waals surface area (Å²) in [5.41, 5.74) is 0.710. The van der Waals surface area contributed by atoms with Gasteiger partial charge in [0.05, 0.1) is 12.0 Å². The molecule has 6 nitrogen and oxygen atoms in total. The van der Waals surface area contributed by atoms with Gasteiger partial charge in [-0.3, -0.25) is 9.69 Å². The van der Waals surface area contributed by atoms with E-state index in [2.05, 4.69) is 0 Å². The van der Waals surface area contributed by atoms with Gasteiger partial charge in [0.25, 0.3) is 5.91 Å². The van der Waals surface area contributed by atoms with Crippen molar-refractivity contribution in [2.75, 3.05) is 13.7 Å². The first-order valence-electron chi connectivity index (χ1n) is 7.24. The van der Waals surface area contributed by atoms with Gasteiger partial charge in [0.15, 0.2) is 11.5 Å². The number of phenols is 1. The van der Waals surface area contributed by atoms with Crippen molar-refractivity contribution in [1.29, 1.82) is 0 Å². The highest BCUT2D eigenvalue weighted by Crippen LogP contribution is 2.34. The molecule has 1 fully saturated rings. The lowest BCUT2D eigenvalue weighted by molar-refractivity contribution is -0.305. The third-order valence-electron chi connectivity index (χ3n) is 3.39. The second-order valence-electron chi connectivity index (χ2n) is 5.09. The van der Waals surface area contributed by atoms with Gasteiger partial charge >= 0.3 is 0 Å². The van der Waals surface area contributed by atoms with Crippen molar-refractivity contribution in [3.63, 3.8) is 0 Å². The summed E-state index contributed by atoms with van der Waals surface area (Å²) in [6, 6.07) is 4.79. The standard InChI is InChI=1S/C16H17NO5S2/c1-22-12-8-10(5-6-11(12)18)9-13-15(21)17(16(23)24-13)7-3-2-4-14(19)20/h5-6,8-9,18H,2-4,7H2,1H3,(H,19,20)/p-1/b13-9-. The van der Waals surface area contributed by atoms with E-state index in [4.69, 9.17) is 17.0 Å². The number of carbonyl (C=O) groups excluding carboxylic acids is 2. The van der Waals surface area contributed by atoms with Crippen molar-refractivity contribution in [1.82, 2.24) is 4.90 Å². The maximum absolute atomic E-state index is 12.4. The van der Waals surface area contributed by atoms with Crippen LogP contribution >= 0.6 is 24.0 Å². The molecule has 1 aliphatic heterocycles. The van der Waals surface area contributed by atoms with Gasteiger partial charge in [-0.15, -0.1) is 0 Å². The second-order valence-corrected chi connectivity index (χ2v) is 6.77. The Balaban J connectivity index is 2.06. The average molecular weight is 366 g/mol. The topological polar surface area (TPSA) is 89.9 Å². The minimum atomic E-state index is -1.10. The Morgan fingerprint density at radius 2 is 2.21 bits per heavy atom. The van der Waals surface area contributed by atoms with E-state index in [1.165, 1.54) is 29.8 Å². The number of benzene rings is 1. The lowest BCUT2D eigenvalue weighted by Crippen LogP contribution is -2.29. The fraction of sp³-hybridized carbons (Fsp3) is 0.312. The lowest BCUT2D eigenvalue weighted by atomic mass is 10.2. The first-order valence-corrected chi connectivity index (χ1v) is 8.47. The van der Waals surface area contributed by atoms with Crippen molar-refractivity contribution >= 4 is 46.3 Å². The van der Waals surface area contributed by atoms with Crippen molar-refractivity contribution in [3.8, 4) is 11.5 Å². The van der Waals surface area contributed by atoms with Crippen molar-refractivity contribution in [3.05, 3.63) is 28.7 Å². The molecule has 1 aliphatic rings. The molecular weight excluding hydrogens is 350 g/mol. The molecule has 1 saturated heterocycles. The highest BCUT2D eigenvalue weighted by molar-refractivity contribution is 8.26. The molecule has 1 aromatic carbocycles. The minimum absolute atomic E-state index is 0.0233. The number of phenolic OH excluding ortho intramolecular Hbond substituents is 1. The van der Waals surface area contributed by atoms with E-state index < -0.39 is 5.97 Å². The van der Waals surface area contributed by atoms with E-state index >= 15 is 0 Å². The number of aliphatic carboxylic acids is 1. The van der Waals surface area contributed by atoms with Crippen LogP contribution in [0.25, 0.3) is 6.08 Å². The molecule has 0 bridgehead atoms. The van der Waals surface area contributed by atoms with Crippen LogP contribution in [0.3, 0.4) is 0 Å². The van der Waals surface area contributed by atoms with Crippen LogP contribution in [-0.4, -0.2) is 39.9 Å². The Morgan fingerprint density at radius 3 is 2.88 bits per heavy atom. The van der Waals surface area contributed by atoms with E-state index in [1.54, 1.807) is 18.2 Å². The molecular formula is C16H16NO5S2-. The number of aromatic hydroxyl groups is 1. The minimum Gasteiger partial charge on any atom is -0.550 e. The zero-order chi connectivity index (χ0) is 17.7. The smallest absolute Gasteiger partial charge is 0.266 e. The van der Waals surface area contributed by atoms with Crippen LogP contribution in [0.1, 0.15) is 24.8 Å². The Bertz CT molecular complexity index is 702. The second kappa shape index (κ2) is 8.16. The fourth-order valence-electron chi connectivity index (χ4n) is 2.17. The van der Waals surface area contributed by atoms with E-state index in [1.807, 2.05) is 0 Å². The van der Waals surface area contributed by atoms with Gasteiger partial charge in [0.1, 0.15) is 4.32 Å². The van der Waals surface area contributed by atoms with E-state index in [0.29, 0.717) is 39.9 Å². The predicted molar refractivity (Wildman–Crippen MR) is 93.4 cm³/mol. The predicted octanol–water partition coefficient (Wildman–Crippen LogP) is 1.52. The molecule has 0 aliphatic carbocycles. The highest BCUT2D eigenvalue weighted by Gasteiger charge is 2.31. The molecule has 0 saturated carbocycles. The number of thioether (sulfide) groups is 1. The van der Waals surface area contributed by atoms with Gasteiger partial charge in [0.2, 0.25) is 0 Å². The summed E-state index contributed by atoms with van der Waals surface area (Å²) in [5, 5.41) is 20.0. The first kappa shape index (κ1) is 18.3. The summed E-state index contributed by atoms with van der Waals surface area (Å²) >= 11 is 6.41. The molecule has 0 radical (unpaired) electrons. The van der Waals surface area contributed by atoms with Crippen LogP contribution in [-0.2, 0) is 9.59 Å². The summed E-state index contributed by atoms with van der Waals surface area (Å²) in [4.78, 5) is 24.8. The van der Waals surface area contributed by atoms with Crippen molar-refractivity contribution < 1.29 is 24.5 Å². The molecule has 8 heteroatoms.